The summed E-state index contributed by atoms with van der Waals surface area (Å²) in [6.07, 6.45) is 4.64. The van der Waals surface area contributed by atoms with Gasteiger partial charge in [0.2, 0.25) is 0 Å². The van der Waals surface area contributed by atoms with Crippen molar-refractivity contribution in [2.24, 2.45) is 0 Å². The zero-order chi connectivity index (χ0) is 12.0. The first kappa shape index (κ1) is 13.5. The summed E-state index contributed by atoms with van der Waals surface area (Å²) in [6, 6.07) is 0. The van der Waals surface area contributed by atoms with Crippen molar-refractivity contribution in [2.75, 3.05) is 13.2 Å². The van der Waals surface area contributed by atoms with Crippen LogP contribution in [0.5, 0.6) is 0 Å². The van der Waals surface area contributed by atoms with Crippen molar-refractivity contribution in [3.8, 4) is 0 Å². The van der Waals surface area contributed by atoms with Crippen LogP contribution in [-0.4, -0.2) is 35.9 Å². The van der Waals surface area contributed by atoms with Crippen LogP contribution in [0.1, 0.15) is 46.0 Å². The second kappa shape index (κ2) is 6.21. The summed E-state index contributed by atoms with van der Waals surface area (Å²) < 4.78 is 5.04. The van der Waals surface area contributed by atoms with E-state index in [0.29, 0.717) is 13.0 Å². The molecule has 0 unspecified atom stereocenters. The molecule has 0 saturated heterocycles. The fourth-order valence-corrected chi connectivity index (χ4v) is 2.19. The van der Waals surface area contributed by atoms with E-state index in [2.05, 4.69) is 5.32 Å². The van der Waals surface area contributed by atoms with E-state index in [9.17, 15) is 9.90 Å². The highest BCUT2D eigenvalue weighted by Gasteiger charge is 2.32. The Kier molecular flexibility index (Phi) is 5.22. The number of esters is 1. The molecule has 0 aliphatic heterocycles. The fourth-order valence-electron chi connectivity index (χ4n) is 2.19. The zero-order valence-corrected chi connectivity index (χ0v) is 10.3. The molecule has 1 saturated carbocycles. The van der Waals surface area contributed by atoms with Gasteiger partial charge in [0.15, 0.2) is 0 Å². The Morgan fingerprint density at radius 1 is 1.44 bits per heavy atom. The smallest absolute Gasteiger partial charge is 0.307 e. The number of rotatable bonds is 6. The highest BCUT2D eigenvalue weighted by atomic mass is 16.5. The van der Waals surface area contributed by atoms with Gasteiger partial charge in [0.25, 0.3) is 0 Å². The van der Waals surface area contributed by atoms with Crippen LogP contribution in [0.4, 0.5) is 0 Å². The van der Waals surface area contributed by atoms with Gasteiger partial charge in [-0.3, -0.25) is 4.79 Å². The van der Waals surface area contributed by atoms with Crippen LogP contribution >= 0.6 is 0 Å². The summed E-state index contributed by atoms with van der Waals surface area (Å²) in [5, 5.41) is 12.6. The van der Waals surface area contributed by atoms with E-state index in [1.54, 1.807) is 0 Å². The first-order chi connectivity index (χ1) is 7.58. The summed E-state index contributed by atoms with van der Waals surface area (Å²) in [5.74, 6) is -0.173. The van der Waals surface area contributed by atoms with Crippen molar-refractivity contribution < 1.29 is 14.6 Å². The zero-order valence-electron chi connectivity index (χ0n) is 10.3. The maximum Gasteiger partial charge on any atom is 0.307 e. The molecule has 1 aliphatic carbocycles. The summed E-state index contributed by atoms with van der Waals surface area (Å²) in [4.78, 5) is 11.3. The highest BCUT2D eigenvalue weighted by Crippen LogP contribution is 2.28. The van der Waals surface area contributed by atoms with Gasteiger partial charge in [0.05, 0.1) is 19.1 Å². The SMILES string of the molecule is CC(C)OC(=O)CCNC1(CO)CCCC1. The Balaban J connectivity index is 2.21. The van der Waals surface area contributed by atoms with E-state index >= 15 is 0 Å². The lowest BCUT2D eigenvalue weighted by atomic mass is 9.99. The maximum atomic E-state index is 11.3. The number of aliphatic hydroxyl groups is 1. The third kappa shape index (κ3) is 4.10. The summed E-state index contributed by atoms with van der Waals surface area (Å²) in [5.41, 5.74) is -0.141. The molecular formula is C12H23NO3. The first-order valence-electron chi connectivity index (χ1n) is 6.13. The van der Waals surface area contributed by atoms with Gasteiger partial charge in [-0.05, 0) is 26.7 Å². The quantitative estimate of drug-likeness (QED) is 0.672. The van der Waals surface area contributed by atoms with Crippen LogP contribution in [-0.2, 0) is 9.53 Å². The Morgan fingerprint density at radius 3 is 2.56 bits per heavy atom. The predicted octanol–water partition coefficient (Wildman–Crippen LogP) is 1.22. The molecule has 0 aromatic carbocycles. The molecule has 1 aliphatic rings. The predicted molar refractivity (Wildman–Crippen MR) is 62.1 cm³/mol. The molecule has 0 amide bonds. The van der Waals surface area contributed by atoms with Gasteiger partial charge in [-0.25, -0.2) is 0 Å². The monoisotopic (exact) mass is 229 g/mol. The summed E-state index contributed by atoms with van der Waals surface area (Å²) in [6.45, 7) is 4.44. The van der Waals surface area contributed by atoms with E-state index in [-0.39, 0.29) is 24.2 Å². The van der Waals surface area contributed by atoms with Crippen LogP contribution in [0.2, 0.25) is 0 Å². The second-order valence-electron chi connectivity index (χ2n) is 4.86. The Morgan fingerprint density at radius 2 is 2.06 bits per heavy atom. The van der Waals surface area contributed by atoms with Gasteiger partial charge in [-0.2, -0.15) is 0 Å². The van der Waals surface area contributed by atoms with Gasteiger partial charge in [-0.15, -0.1) is 0 Å². The summed E-state index contributed by atoms with van der Waals surface area (Å²) in [7, 11) is 0. The Labute approximate surface area is 97.4 Å². The lowest BCUT2D eigenvalue weighted by Crippen LogP contribution is -2.46. The minimum Gasteiger partial charge on any atom is -0.463 e. The van der Waals surface area contributed by atoms with Crippen molar-refractivity contribution in [1.82, 2.24) is 5.32 Å². The minimum atomic E-state index is -0.173. The highest BCUT2D eigenvalue weighted by molar-refractivity contribution is 5.69. The molecule has 0 heterocycles. The van der Waals surface area contributed by atoms with Gasteiger partial charge >= 0.3 is 5.97 Å². The van der Waals surface area contributed by atoms with Crippen molar-refractivity contribution >= 4 is 5.97 Å². The summed E-state index contributed by atoms with van der Waals surface area (Å²) >= 11 is 0. The molecular weight excluding hydrogens is 206 g/mol. The van der Waals surface area contributed by atoms with Gasteiger partial charge in [-0.1, -0.05) is 12.8 Å². The van der Waals surface area contributed by atoms with Crippen LogP contribution < -0.4 is 5.32 Å². The minimum absolute atomic E-state index is 0.0502. The molecule has 1 rings (SSSR count). The van der Waals surface area contributed by atoms with Crippen LogP contribution in [0.15, 0.2) is 0 Å². The second-order valence-corrected chi connectivity index (χ2v) is 4.86. The van der Waals surface area contributed by atoms with E-state index in [4.69, 9.17) is 4.74 Å². The lowest BCUT2D eigenvalue weighted by Gasteiger charge is -2.27. The molecule has 2 N–H and O–H groups in total. The van der Waals surface area contributed by atoms with E-state index < -0.39 is 0 Å². The molecule has 94 valence electrons. The largest absolute Gasteiger partial charge is 0.463 e. The lowest BCUT2D eigenvalue weighted by molar-refractivity contribution is -0.147. The number of hydrogen-bond acceptors (Lipinski definition) is 4. The fraction of sp³-hybridized carbons (Fsp3) is 0.917. The molecule has 0 radical (unpaired) electrons. The molecule has 0 atom stereocenters. The normalized spacial score (nSPS) is 19.0. The molecule has 16 heavy (non-hydrogen) atoms. The molecule has 0 bridgehead atoms. The number of aliphatic hydroxyl groups excluding tert-OH is 1. The standard InChI is InChI=1S/C12H23NO3/c1-10(2)16-11(15)5-8-13-12(9-14)6-3-4-7-12/h10,13-14H,3-9H2,1-2H3. The average molecular weight is 229 g/mol. The van der Waals surface area contributed by atoms with E-state index in [1.165, 1.54) is 0 Å². The van der Waals surface area contributed by atoms with Crippen LogP contribution in [0.3, 0.4) is 0 Å². The first-order valence-corrected chi connectivity index (χ1v) is 6.13. The molecule has 0 aromatic rings. The van der Waals surface area contributed by atoms with Gasteiger partial charge in [0.1, 0.15) is 0 Å². The Bertz CT molecular complexity index is 222. The topological polar surface area (TPSA) is 58.6 Å². The number of carbonyl (C=O) groups excluding carboxylic acids is 1. The van der Waals surface area contributed by atoms with Crippen molar-refractivity contribution in [3.63, 3.8) is 0 Å². The third-order valence-corrected chi connectivity index (χ3v) is 3.06. The number of hydrogen-bond donors (Lipinski definition) is 2. The number of nitrogens with one attached hydrogen (secondary N) is 1. The maximum absolute atomic E-state index is 11.3. The molecule has 4 nitrogen and oxygen atoms in total. The van der Waals surface area contributed by atoms with Gasteiger partial charge < -0.3 is 15.2 Å². The van der Waals surface area contributed by atoms with Crippen LogP contribution in [0, 0.1) is 0 Å². The van der Waals surface area contributed by atoms with E-state index in [0.717, 1.165) is 25.7 Å². The third-order valence-electron chi connectivity index (χ3n) is 3.06. The van der Waals surface area contributed by atoms with Crippen LogP contribution in [0.25, 0.3) is 0 Å². The average Bonchev–Trinajstić information content (AvgIpc) is 2.66. The molecule has 0 spiro atoms. The Hall–Kier alpha value is -0.610. The van der Waals surface area contributed by atoms with E-state index in [1.807, 2.05) is 13.8 Å². The molecule has 4 heteroatoms. The number of carbonyl (C=O) groups is 1. The number of ether oxygens (including phenoxy) is 1. The van der Waals surface area contributed by atoms with Gasteiger partial charge in [0, 0.05) is 12.1 Å². The van der Waals surface area contributed by atoms with Crippen molar-refractivity contribution in [1.29, 1.82) is 0 Å². The van der Waals surface area contributed by atoms with Crippen molar-refractivity contribution in [3.05, 3.63) is 0 Å². The molecule has 0 aromatic heterocycles. The molecule has 1 fully saturated rings. The van der Waals surface area contributed by atoms with Crippen molar-refractivity contribution in [2.45, 2.75) is 57.6 Å².